The number of carbonyl (C=O) groups excluding carboxylic acids is 1. The first-order valence-corrected chi connectivity index (χ1v) is 7.23. The first-order valence-electron chi connectivity index (χ1n) is 6.35. The van der Waals surface area contributed by atoms with Crippen molar-refractivity contribution in [2.45, 2.75) is 19.8 Å². The number of amides is 1. The summed E-state index contributed by atoms with van der Waals surface area (Å²) in [6.07, 6.45) is 1.85. The zero-order chi connectivity index (χ0) is 13.4. The van der Waals surface area contributed by atoms with Crippen LogP contribution in [0.15, 0.2) is 29.6 Å². The molecule has 0 bridgehead atoms. The van der Waals surface area contributed by atoms with E-state index < -0.39 is 0 Å². The second-order valence-corrected chi connectivity index (χ2v) is 5.69. The molecule has 1 aliphatic rings. The summed E-state index contributed by atoms with van der Waals surface area (Å²) in [5.41, 5.74) is 2.73. The van der Waals surface area contributed by atoms with E-state index in [0.29, 0.717) is 12.2 Å². The summed E-state index contributed by atoms with van der Waals surface area (Å²) in [5, 5.41) is 12.0. The number of anilines is 1. The van der Waals surface area contributed by atoms with E-state index in [2.05, 4.69) is 0 Å². The van der Waals surface area contributed by atoms with Gasteiger partial charge in [0.2, 0.25) is 0 Å². The lowest BCUT2D eigenvalue weighted by Gasteiger charge is -2.30. The molecular formula is C15H15NO2S. The van der Waals surface area contributed by atoms with E-state index in [4.69, 9.17) is 0 Å². The maximum absolute atomic E-state index is 12.6. The summed E-state index contributed by atoms with van der Waals surface area (Å²) in [7, 11) is 0. The number of aryl methyl sites for hydroxylation is 2. The molecule has 1 amide bonds. The molecule has 0 atom stereocenters. The van der Waals surface area contributed by atoms with Gasteiger partial charge in [-0.15, -0.1) is 11.3 Å². The Morgan fingerprint density at radius 2 is 2.21 bits per heavy atom. The Kier molecular flexibility index (Phi) is 3.03. The summed E-state index contributed by atoms with van der Waals surface area (Å²) in [6, 6.07) is 7.41. The van der Waals surface area contributed by atoms with E-state index in [1.54, 1.807) is 11.0 Å². The fourth-order valence-electron chi connectivity index (χ4n) is 2.55. The number of hydrogen-bond acceptors (Lipinski definition) is 3. The highest BCUT2D eigenvalue weighted by molar-refractivity contribution is 7.12. The lowest BCUT2D eigenvalue weighted by Crippen LogP contribution is -2.35. The Morgan fingerprint density at radius 1 is 1.37 bits per heavy atom. The average Bonchev–Trinajstić information content (AvgIpc) is 2.84. The molecule has 19 heavy (non-hydrogen) atoms. The van der Waals surface area contributed by atoms with Gasteiger partial charge in [0, 0.05) is 6.54 Å². The number of hydrogen-bond donors (Lipinski definition) is 1. The van der Waals surface area contributed by atoms with Crippen molar-refractivity contribution in [3.63, 3.8) is 0 Å². The molecule has 0 saturated carbocycles. The minimum absolute atomic E-state index is 0.00468. The van der Waals surface area contributed by atoms with E-state index in [-0.39, 0.29) is 11.7 Å². The maximum Gasteiger partial charge on any atom is 0.268 e. The number of fused-ring (bicyclic) bond motifs is 1. The van der Waals surface area contributed by atoms with Gasteiger partial charge >= 0.3 is 0 Å². The van der Waals surface area contributed by atoms with Crippen LogP contribution in [0, 0.1) is 6.92 Å². The van der Waals surface area contributed by atoms with Crippen LogP contribution in [0.1, 0.15) is 27.2 Å². The normalized spacial score (nSPS) is 14.3. The SMILES string of the molecule is Cc1ccsc1C(=O)N1CCCc2cccc(O)c21. The molecule has 0 fully saturated rings. The Bertz CT molecular complexity index is 633. The van der Waals surface area contributed by atoms with E-state index in [9.17, 15) is 9.90 Å². The lowest BCUT2D eigenvalue weighted by atomic mass is 10.0. The van der Waals surface area contributed by atoms with Crippen LogP contribution in [0.4, 0.5) is 5.69 Å². The van der Waals surface area contributed by atoms with E-state index in [1.165, 1.54) is 11.3 Å². The van der Waals surface area contributed by atoms with Crippen molar-refractivity contribution in [1.29, 1.82) is 0 Å². The van der Waals surface area contributed by atoms with Gasteiger partial charge in [-0.2, -0.15) is 0 Å². The van der Waals surface area contributed by atoms with Gasteiger partial charge in [-0.05, 0) is 48.4 Å². The third-order valence-corrected chi connectivity index (χ3v) is 4.50. The molecule has 3 rings (SSSR count). The molecule has 1 aromatic heterocycles. The van der Waals surface area contributed by atoms with Crippen molar-refractivity contribution in [1.82, 2.24) is 0 Å². The van der Waals surface area contributed by atoms with Crippen LogP contribution in [0.2, 0.25) is 0 Å². The number of para-hydroxylation sites is 1. The number of aromatic hydroxyl groups is 1. The van der Waals surface area contributed by atoms with Crippen LogP contribution in [0.5, 0.6) is 5.75 Å². The number of rotatable bonds is 1. The second kappa shape index (κ2) is 4.70. The third kappa shape index (κ3) is 2.02. The molecule has 1 N–H and O–H groups in total. The van der Waals surface area contributed by atoms with Crippen molar-refractivity contribution in [3.05, 3.63) is 45.6 Å². The highest BCUT2D eigenvalue weighted by Crippen LogP contribution is 2.36. The monoisotopic (exact) mass is 273 g/mol. The van der Waals surface area contributed by atoms with Gasteiger partial charge in [-0.1, -0.05) is 12.1 Å². The van der Waals surface area contributed by atoms with Gasteiger partial charge in [0.15, 0.2) is 0 Å². The highest BCUT2D eigenvalue weighted by atomic mass is 32.1. The molecule has 0 radical (unpaired) electrons. The molecular weight excluding hydrogens is 258 g/mol. The molecule has 4 heteroatoms. The standard InChI is InChI=1S/C15H15NO2S/c1-10-7-9-19-14(10)15(18)16-8-3-5-11-4-2-6-12(17)13(11)16/h2,4,6-7,9,17H,3,5,8H2,1H3. The Morgan fingerprint density at radius 3 is 2.95 bits per heavy atom. The Balaban J connectivity index is 2.05. The van der Waals surface area contributed by atoms with Crippen LogP contribution in [-0.4, -0.2) is 17.6 Å². The second-order valence-electron chi connectivity index (χ2n) is 4.78. The molecule has 3 nitrogen and oxygen atoms in total. The maximum atomic E-state index is 12.6. The minimum Gasteiger partial charge on any atom is -0.506 e. The molecule has 0 unspecified atom stereocenters. The van der Waals surface area contributed by atoms with Crippen molar-refractivity contribution in [3.8, 4) is 5.75 Å². The molecule has 2 heterocycles. The van der Waals surface area contributed by atoms with E-state index >= 15 is 0 Å². The van der Waals surface area contributed by atoms with Gasteiger partial charge in [0.25, 0.3) is 5.91 Å². The summed E-state index contributed by atoms with van der Waals surface area (Å²) >= 11 is 1.46. The zero-order valence-corrected chi connectivity index (χ0v) is 11.5. The number of nitrogens with zero attached hydrogens (tertiary/aromatic N) is 1. The molecule has 0 spiro atoms. The van der Waals surface area contributed by atoms with Gasteiger partial charge in [-0.25, -0.2) is 0 Å². The summed E-state index contributed by atoms with van der Waals surface area (Å²) in [6.45, 7) is 2.61. The largest absolute Gasteiger partial charge is 0.506 e. The van der Waals surface area contributed by atoms with Crippen molar-refractivity contribution >= 4 is 22.9 Å². The van der Waals surface area contributed by atoms with Crippen LogP contribution in [0.3, 0.4) is 0 Å². The topological polar surface area (TPSA) is 40.5 Å². The predicted molar refractivity (Wildman–Crippen MR) is 77.2 cm³/mol. The fraction of sp³-hybridized carbons (Fsp3) is 0.267. The van der Waals surface area contributed by atoms with Gasteiger partial charge in [0.1, 0.15) is 5.75 Å². The molecule has 2 aromatic rings. The number of phenols is 1. The molecule has 1 aliphatic heterocycles. The number of phenolic OH excluding ortho intramolecular Hbond substituents is 1. The first kappa shape index (κ1) is 12.2. The van der Waals surface area contributed by atoms with Crippen molar-refractivity contribution in [2.75, 3.05) is 11.4 Å². The number of benzene rings is 1. The molecule has 1 aromatic carbocycles. The van der Waals surface area contributed by atoms with Crippen LogP contribution in [0.25, 0.3) is 0 Å². The van der Waals surface area contributed by atoms with Crippen molar-refractivity contribution < 1.29 is 9.90 Å². The molecule has 0 aliphatic carbocycles. The Labute approximate surface area is 116 Å². The van der Waals surface area contributed by atoms with E-state index in [1.807, 2.05) is 30.5 Å². The Hall–Kier alpha value is -1.81. The first-order chi connectivity index (χ1) is 9.18. The quantitative estimate of drug-likeness (QED) is 0.865. The smallest absolute Gasteiger partial charge is 0.268 e. The summed E-state index contributed by atoms with van der Waals surface area (Å²) in [5.74, 6) is 0.190. The van der Waals surface area contributed by atoms with Gasteiger partial charge in [0.05, 0.1) is 10.6 Å². The van der Waals surface area contributed by atoms with Crippen LogP contribution < -0.4 is 4.90 Å². The average molecular weight is 273 g/mol. The fourth-order valence-corrected chi connectivity index (χ4v) is 3.42. The number of thiophene rings is 1. The van der Waals surface area contributed by atoms with E-state index in [0.717, 1.165) is 28.8 Å². The predicted octanol–water partition coefficient (Wildman–Crippen LogP) is 3.36. The summed E-state index contributed by atoms with van der Waals surface area (Å²) in [4.78, 5) is 15.1. The van der Waals surface area contributed by atoms with Crippen LogP contribution >= 0.6 is 11.3 Å². The number of carbonyl (C=O) groups is 1. The van der Waals surface area contributed by atoms with Crippen LogP contribution in [-0.2, 0) is 6.42 Å². The minimum atomic E-state index is -0.00468. The summed E-state index contributed by atoms with van der Waals surface area (Å²) < 4.78 is 0. The zero-order valence-electron chi connectivity index (χ0n) is 10.7. The highest BCUT2D eigenvalue weighted by Gasteiger charge is 2.27. The van der Waals surface area contributed by atoms with Gasteiger partial charge in [-0.3, -0.25) is 4.79 Å². The molecule has 0 saturated heterocycles. The lowest BCUT2D eigenvalue weighted by molar-refractivity contribution is 0.0987. The van der Waals surface area contributed by atoms with Crippen molar-refractivity contribution in [2.24, 2.45) is 0 Å². The van der Waals surface area contributed by atoms with Gasteiger partial charge < -0.3 is 10.0 Å². The molecule has 98 valence electrons. The third-order valence-electron chi connectivity index (χ3n) is 3.50.